The lowest BCUT2D eigenvalue weighted by Gasteiger charge is -2.33. The van der Waals surface area contributed by atoms with E-state index in [-0.39, 0.29) is 17.5 Å². The summed E-state index contributed by atoms with van der Waals surface area (Å²) >= 11 is 6.11. The van der Waals surface area contributed by atoms with Crippen molar-refractivity contribution in [3.05, 3.63) is 101 Å². The van der Waals surface area contributed by atoms with Crippen LogP contribution in [0.1, 0.15) is 41.4 Å². The maximum Gasteiger partial charge on any atom is 0.405 e. The fourth-order valence-electron chi connectivity index (χ4n) is 4.56. The topological polar surface area (TPSA) is 150 Å². The predicted molar refractivity (Wildman–Crippen MR) is 165 cm³/mol. The number of aliphatic hydroxyl groups is 1. The van der Waals surface area contributed by atoms with Gasteiger partial charge in [-0.25, -0.2) is 0 Å². The number of aromatic nitrogens is 1. The number of halogens is 6. The van der Waals surface area contributed by atoms with Crippen molar-refractivity contribution in [2.45, 2.75) is 56.6 Å². The fourth-order valence-corrected chi connectivity index (χ4v) is 4.77. The van der Waals surface area contributed by atoms with Crippen molar-refractivity contribution in [1.29, 1.82) is 0 Å². The number of pyridine rings is 1. The Morgan fingerprint density at radius 3 is 2.08 bits per heavy atom. The van der Waals surface area contributed by atoms with E-state index in [0.717, 1.165) is 5.32 Å². The standard InChI is InChI=1S/C32H33ClF5N5O5/c1-18(2)24(26(44)32(37,38)30(48)40-17-31(34,35)36)42-29(47)25(20-8-4-3-5-9-20)43-28(46)23(16-19-7-6-10-22(33)15-19)41-27(45)21-11-13-39-14-12-21/h3-15,18,23-26,44H,16-17H2,1-2H3,(H,40,48)(H,41,45)(H,42,47)(H,43,46). The van der Waals surface area contributed by atoms with E-state index >= 15 is 0 Å². The molecule has 0 aliphatic carbocycles. The number of amides is 4. The van der Waals surface area contributed by atoms with Crippen molar-refractivity contribution < 1.29 is 46.2 Å². The van der Waals surface area contributed by atoms with Crippen molar-refractivity contribution in [2.75, 3.05) is 6.54 Å². The van der Waals surface area contributed by atoms with E-state index in [0.29, 0.717) is 10.6 Å². The van der Waals surface area contributed by atoms with Crippen LogP contribution in [0.25, 0.3) is 0 Å². The first-order valence-electron chi connectivity index (χ1n) is 14.5. The van der Waals surface area contributed by atoms with Crippen LogP contribution in [0.15, 0.2) is 79.1 Å². The molecule has 0 saturated carbocycles. The monoisotopic (exact) mass is 697 g/mol. The number of benzene rings is 2. The molecule has 0 bridgehead atoms. The number of aliphatic hydroxyl groups excluding tert-OH is 1. The zero-order valence-corrected chi connectivity index (χ0v) is 26.4. The van der Waals surface area contributed by atoms with Crippen LogP contribution in [0, 0.1) is 5.92 Å². The number of hydrogen-bond acceptors (Lipinski definition) is 6. The molecule has 10 nitrogen and oxygen atoms in total. The average molecular weight is 698 g/mol. The molecule has 0 aliphatic heterocycles. The lowest BCUT2D eigenvalue weighted by Crippen LogP contribution is -2.61. The number of alkyl halides is 5. The van der Waals surface area contributed by atoms with Gasteiger partial charge in [-0.1, -0.05) is 67.9 Å². The summed E-state index contributed by atoms with van der Waals surface area (Å²) in [5.74, 6) is -10.7. The second kappa shape index (κ2) is 16.5. The summed E-state index contributed by atoms with van der Waals surface area (Å²) in [7, 11) is 0. The highest BCUT2D eigenvalue weighted by molar-refractivity contribution is 6.30. The van der Waals surface area contributed by atoms with E-state index in [1.807, 2.05) is 0 Å². The Morgan fingerprint density at radius 2 is 1.50 bits per heavy atom. The molecule has 258 valence electrons. The molecule has 2 aromatic carbocycles. The first kappa shape index (κ1) is 37.8. The lowest BCUT2D eigenvalue weighted by molar-refractivity contribution is -0.175. The van der Waals surface area contributed by atoms with Gasteiger partial charge in [0.25, 0.3) is 11.8 Å². The molecule has 4 unspecified atom stereocenters. The molecule has 0 saturated heterocycles. The van der Waals surface area contributed by atoms with E-state index < -0.39 is 72.4 Å². The third kappa shape index (κ3) is 10.7. The van der Waals surface area contributed by atoms with E-state index in [9.17, 15) is 46.2 Å². The van der Waals surface area contributed by atoms with Gasteiger partial charge in [0, 0.05) is 29.4 Å². The number of nitrogens with zero attached hydrogens (tertiary/aromatic N) is 1. The molecular formula is C32H33ClF5N5O5. The SMILES string of the molecule is CC(C)C(NC(=O)C(NC(=O)C(Cc1cccc(Cl)c1)NC(=O)c1ccncc1)c1ccccc1)C(O)C(F)(F)C(=O)NCC(F)(F)F. The van der Waals surface area contributed by atoms with E-state index in [2.05, 4.69) is 20.9 Å². The van der Waals surface area contributed by atoms with Gasteiger partial charge in [0.1, 0.15) is 24.7 Å². The Hall–Kier alpha value is -4.63. The normalized spacial score (nSPS) is 14.3. The molecule has 0 fully saturated rings. The van der Waals surface area contributed by atoms with Crippen LogP contribution in [-0.4, -0.2) is 70.6 Å². The zero-order valence-electron chi connectivity index (χ0n) is 25.6. The van der Waals surface area contributed by atoms with Crippen LogP contribution >= 0.6 is 11.6 Å². The van der Waals surface area contributed by atoms with Crippen LogP contribution in [0.3, 0.4) is 0 Å². The van der Waals surface area contributed by atoms with Gasteiger partial charge in [0.2, 0.25) is 11.8 Å². The largest absolute Gasteiger partial charge is 0.405 e. The van der Waals surface area contributed by atoms with Crippen molar-refractivity contribution in [1.82, 2.24) is 26.3 Å². The van der Waals surface area contributed by atoms with Gasteiger partial charge in [0.05, 0.1) is 6.04 Å². The van der Waals surface area contributed by atoms with Crippen LogP contribution < -0.4 is 21.3 Å². The van der Waals surface area contributed by atoms with Gasteiger partial charge in [-0.3, -0.25) is 24.2 Å². The summed E-state index contributed by atoms with van der Waals surface area (Å²) in [6, 6.07) is 12.1. The highest BCUT2D eigenvalue weighted by Crippen LogP contribution is 2.26. The zero-order chi connectivity index (χ0) is 35.6. The Kier molecular flexibility index (Phi) is 13.0. The molecule has 0 radical (unpaired) electrons. The minimum absolute atomic E-state index is 0.0844. The van der Waals surface area contributed by atoms with Crippen LogP contribution in [0.2, 0.25) is 5.02 Å². The maximum atomic E-state index is 14.9. The summed E-state index contributed by atoms with van der Waals surface area (Å²) < 4.78 is 67.3. The van der Waals surface area contributed by atoms with Gasteiger partial charge in [0.15, 0.2) is 0 Å². The molecule has 4 amide bonds. The molecule has 0 aliphatic rings. The predicted octanol–water partition coefficient (Wildman–Crippen LogP) is 3.75. The number of carbonyl (C=O) groups is 4. The summed E-state index contributed by atoms with van der Waals surface area (Å²) in [5.41, 5.74) is 0.907. The fraction of sp³-hybridized carbons (Fsp3) is 0.344. The van der Waals surface area contributed by atoms with E-state index in [1.54, 1.807) is 30.3 Å². The first-order valence-corrected chi connectivity index (χ1v) is 14.9. The maximum absolute atomic E-state index is 14.9. The number of rotatable bonds is 14. The molecule has 16 heteroatoms. The van der Waals surface area contributed by atoms with Crippen LogP contribution in [0.5, 0.6) is 0 Å². The van der Waals surface area contributed by atoms with E-state index in [4.69, 9.17) is 11.6 Å². The molecule has 5 N–H and O–H groups in total. The van der Waals surface area contributed by atoms with Crippen LogP contribution in [-0.2, 0) is 20.8 Å². The van der Waals surface area contributed by atoms with Gasteiger partial charge in [-0.2, -0.15) is 22.0 Å². The van der Waals surface area contributed by atoms with Gasteiger partial charge in [-0.15, -0.1) is 0 Å². The number of hydrogen-bond donors (Lipinski definition) is 5. The Bertz CT molecular complexity index is 1560. The van der Waals surface area contributed by atoms with Crippen molar-refractivity contribution >= 4 is 35.2 Å². The highest BCUT2D eigenvalue weighted by Gasteiger charge is 2.52. The molecule has 0 spiro atoms. The average Bonchev–Trinajstić information content (AvgIpc) is 3.04. The molecular weight excluding hydrogens is 665 g/mol. The minimum Gasteiger partial charge on any atom is -0.384 e. The molecule has 3 aromatic rings. The summed E-state index contributed by atoms with van der Waals surface area (Å²) in [6.45, 7) is 0.580. The third-order valence-corrected chi connectivity index (χ3v) is 7.30. The molecule has 3 rings (SSSR count). The van der Waals surface area contributed by atoms with Crippen molar-refractivity contribution in [2.24, 2.45) is 5.92 Å². The van der Waals surface area contributed by atoms with Gasteiger partial charge < -0.3 is 26.4 Å². The Morgan fingerprint density at radius 1 is 0.854 bits per heavy atom. The Balaban J connectivity index is 1.90. The quantitative estimate of drug-likeness (QED) is 0.162. The van der Waals surface area contributed by atoms with Gasteiger partial charge in [-0.05, 0) is 41.3 Å². The van der Waals surface area contributed by atoms with Crippen molar-refractivity contribution in [3.8, 4) is 0 Å². The smallest absolute Gasteiger partial charge is 0.384 e. The highest BCUT2D eigenvalue weighted by atomic mass is 35.5. The molecule has 48 heavy (non-hydrogen) atoms. The Labute approximate surface area is 277 Å². The first-order chi connectivity index (χ1) is 22.5. The molecule has 1 aromatic heterocycles. The third-order valence-electron chi connectivity index (χ3n) is 7.07. The molecule has 4 atom stereocenters. The van der Waals surface area contributed by atoms with Crippen molar-refractivity contribution in [3.63, 3.8) is 0 Å². The summed E-state index contributed by atoms with van der Waals surface area (Å²) in [6.07, 6.45) is -5.29. The van der Waals surface area contributed by atoms with Crippen LogP contribution in [0.4, 0.5) is 22.0 Å². The second-order valence-electron chi connectivity index (χ2n) is 11.1. The number of carbonyl (C=O) groups excluding carboxylic acids is 4. The lowest BCUT2D eigenvalue weighted by atomic mass is 9.93. The summed E-state index contributed by atoms with van der Waals surface area (Å²) in [5, 5.41) is 19.3. The second-order valence-corrected chi connectivity index (χ2v) is 11.5. The minimum atomic E-state index is -4.99. The molecule has 1 heterocycles. The van der Waals surface area contributed by atoms with E-state index in [1.165, 1.54) is 62.6 Å². The summed E-state index contributed by atoms with van der Waals surface area (Å²) in [4.78, 5) is 56.3. The van der Waals surface area contributed by atoms with Gasteiger partial charge >= 0.3 is 12.1 Å². The number of nitrogens with one attached hydrogen (secondary N) is 4.